The SMILES string of the molecule is c1ccc(-c2cccc(-c3ccccc3)c2-c2nc(-n3c4ccccc4c4cc(-c5ccc6c(c5)c5ccccc5n6-c5ccccc5)ccc43)c3nccc(-n4c5ccccc5c5cc(-c6ccc7c(c6)c6ccccc6n7-c6ccccc6)ccc54)c3n2)cc1. The fourth-order valence-electron chi connectivity index (χ4n) is 14.8. The van der Waals surface area contributed by atoms with E-state index in [1.165, 1.54) is 43.6 Å². The van der Waals surface area contributed by atoms with Crippen molar-refractivity contribution in [2.75, 3.05) is 0 Å². The Bertz CT molecular complexity index is 6120. The molecule has 0 aliphatic heterocycles. The number of hydrogen-bond donors (Lipinski definition) is 0. The van der Waals surface area contributed by atoms with Crippen LogP contribution in [0.5, 0.6) is 0 Å². The predicted octanol–water partition coefficient (Wildman–Crippen LogP) is 21.7. The molecule has 92 heavy (non-hydrogen) atoms. The van der Waals surface area contributed by atoms with Crippen LogP contribution in [0.25, 0.3) is 177 Å². The van der Waals surface area contributed by atoms with Gasteiger partial charge in [-0.25, -0.2) is 9.97 Å². The fourth-order valence-corrected chi connectivity index (χ4v) is 14.8. The number of rotatable bonds is 9. The van der Waals surface area contributed by atoms with Gasteiger partial charge in [-0.15, -0.1) is 0 Å². The molecule has 19 aromatic rings. The van der Waals surface area contributed by atoms with Gasteiger partial charge in [0.25, 0.3) is 0 Å². The van der Waals surface area contributed by atoms with E-state index in [1.54, 1.807) is 0 Å². The van der Waals surface area contributed by atoms with E-state index in [9.17, 15) is 0 Å². The number of fused-ring (bicyclic) bond motifs is 13. The summed E-state index contributed by atoms with van der Waals surface area (Å²) in [6, 6.07) is 114. The molecule has 7 heteroatoms. The van der Waals surface area contributed by atoms with E-state index in [1.807, 2.05) is 6.20 Å². The van der Waals surface area contributed by atoms with Crippen molar-refractivity contribution in [3.63, 3.8) is 0 Å². The number of pyridine rings is 1. The van der Waals surface area contributed by atoms with Crippen molar-refractivity contribution in [3.8, 4) is 78.8 Å². The van der Waals surface area contributed by atoms with E-state index in [0.29, 0.717) is 17.2 Å². The van der Waals surface area contributed by atoms with Crippen LogP contribution in [-0.4, -0.2) is 33.2 Å². The molecule has 7 nitrogen and oxygen atoms in total. The maximum absolute atomic E-state index is 5.88. The van der Waals surface area contributed by atoms with Crippen LogP contribution in [0.2, 0.25) is 0 Å². The summed E-state index contributed by atoms with van der Waals surface area (Å²) in [5.41, 5.74) is 23.2. The second-order valence-corrected chi connectivity index (χ2v) is 23.9. The second-order valence-electron chi connectivity index (χ2n) is 23.9. The Labute approximate surface area is 528 Å². The molecule has 6 aromatic heterocycles. The van der Waals surface area contributed by atoms with Crippen molar-refractivity contribution in [2.24, 2.45) is 0 Å². The minimum atomic E-state index is 0.595. The molecule has 0 atom stereocenters. The molecule has 0 spiro atoms. The highest BCUT2D eigenvalue weighted by Crippen LogP contribution is 2.45. The lowest BCUT2D eigenvalue weighted by Crippen LogP contribution is -2.07. The molecule has 0 aliphatic rings. The van der Waals surface area contributed by atoms with Gasteiger partial charge in [0.15, 0.2) is 11.6 Å². The topological polar surface area (TPSA) is 58.4 Å². The molecule has 0 radical (unpaired) electrons. The Hall–Kier alpha value is -12.5. The summed E-state index contributed by atoms with van der Waals surface area (Å²) in [4.78, 5) is 17.1. The molecular weight excluding hydrogens is 1120 g/mol. The lowest BCUT2D eigenvalue weighted by Gasteiger charge is -2.19. The molecule has 6 heterocycles. The highest BCUT2D eigenvalue weighted by atomic mass is 15.1. The first-order valence-electron chi connectivity index (χ1n) is 31.3. The summed E-state index contributed by atoms with van der Waals surface area (Å²) in [6.07, 6.45) is 1.94. The highest BCUT2D eigenvalue weighted by Gasteiger charge is 2.26. The zero-order valence-corrected chi connectivity index (χ0v) is 49.7. The van der Waals surface area contributed by atoms with Gasteiger partial charge in [0.2, 0.25) is 0 Å². The maximum atomic E-state index is 5.88. The van der Waals surface area contributed by atoms with Crippen LogP contribution in [0.4, 0.5) is 0 Å². The number of aromatic nitrogens is 7. The molecule has 0 bridgehead atoms. The van der Waals surface area contributed by atoms with Gasteiger partial charge in [-0.2, -0.15) is 0 Å². The van der Waals surface area contributed by atoms with Crippen molar-refractivity contribution in [1.29, 1.82) is 0 Å². The summed E-state index contributed by atoms with van der Waals surface area (Å²) in [7, 11) is 0. The largest absolute Gasteiger partial charge is 0.309 e. The van der Waals surface area contributed by atoms with Gasteiger partial charge in [0.1, 0.15) is 11.0 Å². The maximum Gasteiger partial charge on any atom is 0.168 e. The molecule has 13 aromatic carbocycles. The van der Waals surface area contributed by atoms with Crippen molar-refractivity contribution in [2.45, 2.75) is 0 Å². The smallest absolute Gasteiger partial charge is 0.168 e. The number of para-hydroxylation sites is 6. The zero-order chi connectivity index (χ0) is 60.4. The van der Waals surface area contributed by atoms with Crippen LogP contribution in [0.1, 0.15) is 0 Å². The monoisotopic (exact) mass is 1170 g/mol. The van der Waals surface area contributed by atoms with Gasteiger partial charge in [-0.3, -0.25) is 9.55 Å². The molecule has 0 saturated heterocycles. The van der Waals surface area contributed by atoms with Crippen LogP contribution in [0, 0.1) is 0 Å². The number of benzene rings is 13. The summed E-state index contributed by atoms with van der Waals surface area (Å²) >= 11 is 0. The molecule has 428 valence electrons. The zero-order valence-electron chi connectivity index (χ0n) is 49.7. The summed E-state index contributed by atoms with van der Waals surface area (Å²) in [5.74, 6) is 1.28. The van der Waals surface area contributed by atoms with E-state index in [4.69, 9.17) is 15.0 Å². The molecule has 0 amide bonds. The lowest BCUT2D eigenvalue weighted by molar-refractivity contribution is 1.05. The Morgan fingerprint density at radius 1 is 0.228 bits per heavy atom. The Kier molecular flexibility index (Phi) is 11.5. The minimum Gasteiger partial charge on any atom is -0.309 e. The predicted molar refractivity (Wildman–Crippen MR) is 382 cm³/mol. The van der Waals surface area contributed by atoms with Crippen molar-refractivity contribution in [1.82, 2.24) is 33.2 Å². The van der Waals surface area contributed by atoms with E-state index < -0.39 is 0 Å². The van der Waals surface area contributed by atoms with E-state index in [-0.39, 0.29) is 0 Å². The molecule has 0 saturated carbocycles. The standard InChI is InChI=1S/C85H53N7/c1-5-22-54(23-6-1)62-34-21-35-63(55-24-7-2-8-25-55)81(62)84-87-82-80(91-74-38-19-15-32-66(74)70-52-58(42-46-78(70)91)56-40-44-76-68(50-56)64-30-13-17-36-72(64)89(76)60-26-9-3-10-27-60)48-49-86-83(82)85(88-84)92-75-39-20-16-33-67(75)71-53-59(43-47-79(71)92)57-41-45-77-69(51-57)65-31-14-18-37-73(65)90(77)61-28-11-4-12-29-61/h1-53H. The summed E-state index contributed by atoms with van der Waals surface area (Å²) in [5, 5.41) is 9.39. The van der Waals surface area contributed by atoms with Crippen LogP contribution in [-0.2, 0) is 0 Å². The van der Waals surface area contributed by atoms with Gasteiger partial charge < -0.3 is 13.7 Å². The van der Waals surface area contributed by atoms with Crippen LogP contribution < -0.4 is 0 Å². The first-order valence-corrected chi connectivity index (χ1v) is 31.3. The highest BCUT2D eigenvalue weighted by molar-refractivity contribution is 6.16. The molecule has 0 N–H and O–H groups in total. The van der Waals surface area contributed by atoms with Gasteiger partial charge in [0.05, 0.1) is 49.8 Å². The van der Waals surface area contributed by atoms with Gasteiger partial charge >= 0.3 is 0 Å². The Morgan fingerprint density at radius 2 is 0.576 bits per heavy atom. The van der Waals surface area contributed by atoms with Crippen molar-refractivity contribution in [3.05, 3.63) is 322 Å². The third kappa shape index (κ3) is 7.92. The Balaban J connectivity index is 0.844. The Morgan fingerprint density at radius 3 is 1.01 bits per heavy atom. The first kappa shape index (κ1) is 51.6. The molecule has 0 aliphatic carbocycles. The summed E-state index contributed by atoms with van der Waals surface area (Å²) in [6.45, 7) is 0. The number of nitrogens with zero attached hydrogens (tertiary/aromatic N) is 7. The van der Waals surface area contributed by atoms with E-state index in [0.717, 1.165) is 116 Å². The van der Waals surface area contributed by atoms with Crippen molar-refractivity contribution < 1.29 is 0 Å². The fraction of sp³-hybridized carbons (Fsp3) is 0. The second kappa shape index (κ2) is 20.6. The van der Waals surface area contributed by atoms with E-state index >= 15 is 0 Å². The number of hydrogen-bond acceptors (Lipinski definition) is 3. The van der Waals surface area contributed by atoms with Crippen molar-refractivity contribution >= 4 is 98.3 Å². The third-order valence-electron chi connectivity index (χ3n) is 18.8. The molecule has 19 rings (SSSR count). The summed E-state index contributed by atoms with van der Waals surface area (Å²) < 4.78 is 9.47. The van der Waals surface area contributed by atoms with Gasteiger partial charge in [-0.1, -0.05) is 212 Å². The van der Waals surface area contributed by atoms with Gasteiger partial charge in [0, 0.05) is 66.2 Å². The third-order valence-corrected chi connectivity index (χ3v) is 18.8. The first-order chi connectivity index (χ1) is 45.7. The molecular formula is C85H53N7. The average molecular weight is 1170 g/mol. The minimum absolute atomic E-state index is 0.595. The quantitative estimate of drug-likeness (QED) is 0.145. The molecule has 0 fully saturated rings. The normalized spacial score (nSPS) is 11.9. The lowest BCUT2D eigenvalue weighted by atomic mass is 9.91. The van der Waals surface area contributed by atoms with Crippen LogP contribution >= 0.6 is 0 Å². The van der Waals surface area contributed by atoms with Crippen LogP contribution in [0.3, 0.4) is 0 Å². The molecule has 0 unspecified atom stereocenters. The van der Waals surface area contributed by atoms with Crippen LogP contribution in [0.15, 0.2) is 322 Å². The van der Waals surface area contributed by atoms with E-state index in [2.05, 4.69) is 334 Å². The van der Waals surface area contributed by atoms with Gasteiger partial charge in [-0.05, 0) is 148 Å². The average Bonchev–Trinajstić information content (AvgIpc) is 1.48.